The van der Waals surface area contributed by atoms with Crippen molar-refractivity contribution in [1.29, 1.82) is 0 Å². The van der Waals surface area contributed by atoms with Crippen molar-refractivity contribution < 1.29 is 35.6 Å². The molecule has 0 radical (unpaired) electrons. The summed E-state index contributed by atoms with van der Waals surface area (Å²) >= 11 is 0. The van der Waals surface area contributed by atoms with Gasteiger partial charge in [-0.3, -0.25) is 4.99 Å². The molecule has 0 spiro atoms. The summed E-state index contributed by atoms with van der Waals surface area (Å²) in [6, 6.07) is 26.3. The van der Waals surface area contributed by atoms with Crippen LogP contribution in [0.5, 0.6) is 17.4 Å². The maximum absolute atomic E-state index is 10.1. The summed E-state index contributed by atoms with van der Waals surface area (Å²) in [6.45, 7) is 0. The number of hydrogen-bond donors (Lipinski definition) is 1. The van der Waals surface area contributed by atoms with Crippen LogP contribution < -0.4 is 4.74 Å². The molecule has 0 fully saturated rings. The molecule has 5 nitrogen and oxygen atoms in total. The van der Waals surface area contributed by atoms with Gasteiger partial charge in [-0.1, -0.05) is 48.0 Å². The Morgan fingerprint density at radius 1 is 0.969 bits per heavy atom. The van der Waals surface area contributed by atoms with Gasteiger partial charge in [0.25, 0.3) is 0 Å². The number of phenolic OH excluding ortho intramolecular Hbond substituents is 1. The van der Waals surface area contributed by atoms with Gasteiger partial charge in [0.05, 0.1) is 0 Å². The van der Waals surface area contributed by atoms with E-state index in [4.69, 9.17) is 14.5 Å². The number of benzene rings is 3. The van der Waals surface area contributed by atoms with Crippen molar-refractivity contribution in [1.82, 2.24) is 4.98 Å². The fourth-order valence-electron chi connectivity index (χ4n) is 4.33. The molecule has 3 aromatic carbocycles. The van der Waals surface area contributed by atoms with E-state index in [1.807, 2.05) is 30.3 Å². The Kier molecular flexibility index (Phi) is 5.44. The number of aryl methyl sites for hydroxylation is 1. The zero-order valence-electron chi connectivity index (χ0n) is 17.0. The number of aromatic nitrogens is 1. The molecule has 2 heterocycles. The number of hydrogen-bond acceptors (Lipinski definition) is 5. The summed E-state index contributed by atoms with van der Waals surface area (Å²) in [5, 5.41) is 10.9. The number of nitrogens with zero attached hydrogens (tertiary/aromatic N) is 2. The van der Waals surface area contributed by atoms with Gasteiger partial charge >= 0.3 is 0 Å². The van der Waals surface area contributed by atoms with Crippen molar-refractivity contribution in [3.63, 3.8) is 0 Å². The number of aliphatic imine (C=N–C) groups is 1. The molecule has 1 aliphatic heterocycles. The van der Waals surface area contributed by atoms with Crippen LogP contribution in [0.4, 0.5) is 0 Å². The number of phenols is 1. The Balaban J connectivity index is 0.00000216. The molecule has 0 bridgehead atoms. The predicted molar refractivity (Wildman–Crippen MR) is 118 cm³/mol. The summed E-state index contributed by atoms with van der Waals surface area (Å²) in [6.07, 6.45) is 2.02. The molecule has 0 unspecified atom stereocenters. The van der Waals surface area contributed by atoms with E-state index in [1.165, 1.54) is 11.1 Å². The van der Waals surface area contributed by atoms with Gasteiger partial charge in [0.1, 0.15) is 29.3 Å². The topological polar surface area (TPSA) is 63.9 Å². The molecule has 32 heavy (non-hydrogen) atoms. The van der Waals surface area contributed by atoms with Gasteiger partial charge < -0.3 is 14.6 Å². The van der Waals surface area contributed by atoms with Crippen LogP contribution in [-0.2, 0) is 32.2 Å². The van der Waals surface area contributed by atoms with E-state index in [2.05, 4.69) is 35.3 Å². The number of para-hydroxylation sites is 1. The van der Waals surface area contributed by atoms with Gasteiger partial charge in [-0.05, 0) is 36.1 Å². The number of pyridine rings is 1. The molecule has 4 aromatic rings. The molecule has 0 saturated carbocycles. The quantitative estimate of drug-likeness (QED) is 0.321. The van der Waals surface area contributed by atoms with Crippen LogP contribution >= 0.6 is 0 Å². The van der Waals surface area contributed by atoms with E-state index in [9.17, 15) is 5.11 Å². The van der Waals surface area contributed by atoms with E-state index in [1.54, 1.807) is 18.2 Å². The Morgan fingerprint density at radius 2 is 1.84 bits per heavy atom. The Labute approximate surface area is 200 Å². The third-order valence-electron chi connectivity index (χ3n) is 5.83. The number of ether oxygens (including phenoxy) is 2. The standard InChI is InChI=1S/C26H19N2O3.Pt/c29-21-10-4-6-17-12-14-23(27-24(17)21)30-19-8-3-7-18(15-19)26-28-25-20-9-2-1-5-16(20)11-13-22(25)31-26;/h1-10,12,14,22,25,29H,11,13H2;/q-1;/t22-,25-;/m0./s1. The van der Waals surface area contributed by atoms with Crippen LogP contribution in [0, 0.1) is 6.07 Å². The molecular formula is C26H19N2O3Pt-. The van der Waals surface area contributed by atoms with E-state index in [0.717, 1.165) is 23.8 Å². The molecule has 6 heteroatoms. The summed E-state index contributed by atoms with van der Waals surface area (Å²) < 4.78 is 12.1. The summed E-state index contributed by atoms with van der Waals surface area (Å²) in [4.78, 5) is 9.31. The maximum atomic E-state index is 10.1. The minimum atomic E-state index is 0. The van der Waals surface area contributed by atoms with Crippen LogP contribution in [0.2, 0.25) is 0 Å². The molecular weight excluding hydrogens is 583 g/mol. The zero-order chi connectivity index (χ0) is 20.8. The molecule has 1 N–H and O–H groups in total. The van der Waals surface area contributed by atoms with Gasteiger partial charge in [-0.2, -0.15) is 0 Å². The van der Waals surface area contributed by atoms with Crippen LogP contribution in [0.3, 0.4) is 0 Å². The Morgan fingerprint density at radius 3 is 2.78 bits per heavy atom. The smallest absolute Gasteiger partial charge is 0.217 e. The molecule has 0 amide bonds. The van der Waals surface area contributed by atoms with Crippen LogP contribution in [-0.4, -0.2) is 22.1 Å². The number of rotatable bonds is 3. The van der Waals surface area contributed by atoms with Gasteiger partial charge in [-0.25, -0.2) is 4.98 Å². The second kappa shape index (κ2) is 8.40. The fraction of sp³-hybridized carbons (Fsp3) is 0.154. The first-order chi connectivity index (χ1) is 15.2. The van der Waals surface area contributed by atoms with Crippen molar-refractivity contribution in [2.75, 3.05) is 0 Å². The molecule has 2 atom stereocenters. The first-order valence-corrected chi connectivity index (χ1v) is 10.4. The van der Waals surface area contributed by atoms with Crippen LogP contribution in [0.15, 0.2) is 77.8 Å². The van der Waals surface area contributed by atoms with Crippen molar-refractivity contribution in [2.45, 2.75) is 25.0 Å². The van der Waals surface area contributed by atoms with Gasteiger partial charge in [0.2, 0.25) is 5.88 Å². The third kappa shape index (κ3) is 3.67. The Hall–Kier alpha value is -3.17. The molecule has 162 valence electrons. The summed E-state index contributed by atoms with van der Waals surface area (Å²) in [7, 11) is 0. The first kappa shape index (κ1) is 20.7. The molecule has 1 aromatic heterocycles. The third-order valence-corrected chi connectivity index (χ3v) is 5.83. The number of aromatic hydroxyl groups is 1. The zero-order valence-corrected chi connectivity index (χ0v) is 19.2. The van der Waals surface area contributed by atoms with Crippen molar-refractivity contribution >= 4 is 16.8 Å². The normalized spacial score (nSPS) is 18.7. The second-order valence-corrected chi connectivity index (χ2v) is 7.80. The van der Waals surface area contributed by atoms with E-state index < -0.39 is 0 Å². The second-order valence-electron chi connectivity index (χ2n) is 7.80. The average Bonchev–Trinajstić information content (AvgIpc) is 3.25. The Bertz CT molecular complexity index is 1340. The SMILES string of the molecule is Oc1cccc2ccc(Oc3[c-]c(C4=N[C@H]5c6ccccc6CC[C@@H]5O4)ccc3)nc12.[Pt]. The predicted octanol–water partition coefficient (Wildman–Crippen LogP) is 5.36. The summed E-state index contributed by atoms with van der Waals surface area (Å²) in [5.41, 5.74) is 3.86. The van der Waals surface area contributed by atoms with E-state index in [-0.39, 0.29) is 39.0 Å². The van der Waals surface area contributed by atoms with Gasteiger partial charge in [0, 0.05) is 38.3 Å². The number of fused-ring (bicyclic) bond motifs is 4. The van der Waals surface area contributed by atoms with Crippen molar-refractivity contribution in [3.05, 3.63) is 95.6 Å². The maximum Gasteiger partial charge on any atom is 0.217 e. The minimum absolute atomic E-state index is 0. The summed E-state index contributed by atoms with van der Waals surface area (Å²) in [5.74, 6) is 1.62. The average molecular weight is 603 g/mol. The van der Waals surface area contributed by atoms with Gasteiger partial charge in [-0.15, -0.1) is 18.2 Å². The molecule has 6 rings (SSSR count). The van der Waals surface area contributed by atoms with Crippen molar-refractivity contribution in [3.8, 4) is 17.4 Å². The molecule has 0 saturated heterocycles. The largest absolute Gasteiger partial charge is 0.514 e. The molecule has 1 aliphatic carbocycles. The van der Waals surface area contributed by atoms with E-state index >= 15 is 0 Å². The van der Waals surface area contributed by atoms with Crippen LogP contribution in [0.25, 0.3) is 10.9 Å². The van der Waals surface area contributed by atoms with Crippen molar-refractivity contribution in [2.24, 2.45) is 4.99 Å². The fourth-order valence-corrected chi connectivity index (χ4v) is 4.33. The monoisotopic (exact) mass is 602 g/mol. The first-order valence-electron chi connectivity index (χ1n) is 10.4. The minimum Gasteiger partial charge on any atom is -0.514 e. The van der Waals surface area contributed by atoms with E-state index in [0.29, 0.717) is 23.0 Å². The van der Waals surface area contributed by atoms with Gasteiger partial charge in [0.15, 0.2) is 0 Å². The van der Waals surface area contributed by atoms with Crippen LogP contribution in [0.1, 0.15) is 29.2 Å². The molecule has 2 aliphatic rings.